The highest BCUT2D eigenvalue weighted by Gasteiger charge is 2.25. The molecule has 0 aromatic rings. The molecule has 1 N–H and O–H groups in total. The summed E-state index contributed by atoms with van der Waals surface area (Å²) in [6.07, 6.45) is 5.16. The van der Waals surface area contributed by atoms with Gasteiger partial charge in [-0.3, -0.25) is 9.69 Å². The quantitative estimate of drug-likeness (QED) is 0.677. The molecule has 3 nitrogen and oxygen atoms in total. The van der Waals surface area contributed by atoms with Gasteiger partial charge in [0.1, 0.15) is 6.04 Å². The van der Waals surface area contributed by atoms with E-state index >= 15 is 0 Å². The molecular formula is C12H25NO2. The maximum atomic E-state index is 11.0. The first kappa shape index (κ1) is 14.4. The van der Waals surface area contributed by atoms with Crippen LogP contribution in [-0.4, -0.2) is 35.1 Å². The van der Waals surface area contributed by atoms with Crippen LogP contribution in [0.25, 0.3) is 0 Å². The Morgan fingerprint density at radius 1 is 1.27 bits per heavy atom. The first-order chi connectivity index (χ1) is 7.08. The SMILES string of the molecule is CCCCC(CC)N(C)C(CC)C(=O)O. The molecule has 3 heteroatoms. The van der Waals surface area contributed by atoms with E-state index in [-0.39, 0.29) is 6.04 Å². The number of rotatable bonds is 8. The lowest BCUT2D eigenvalue weighted by Gasteiger charge is -2.31. The topological polar surface area (TPSA) is 40.5 Å². The summed E-state index contributed by atoms with van der Waals surface area (Å²) in [5.74, 6) is -0.699. The Morgan fingerprint density at radius 3 is 2.20 bits per heavy atom. The van der Waals surface area contributed by atoms with Crippen LogP contribution in [0.1, 0.15) is 52.9 Å². The molecule has 0 aliphatic carbocycles. The Hall–Kier alpha value is -0.570. The van der Waals surface area contributed by atoms with Crippen LogP contribution in [0, 0.1) is 0 Å². The molecule has 2 atom stereocenters. The van der Waals surface area contributed by atoms with E-state index in [2.05, 4.69) is 13.8 Å². The van der Waals surface area contributed by atoms with Gasteiger partial charge < -0.3 is 5.11 Å². The van der Waals surface area contributed by atoms with Crippen molar-refractivity contribution < 1.29 is 9.90 Å². The summed E-state index contributed by atoms with van der Waals surface area (Å²) in [6.45, 7) is 6.23. The van der Waals surface area contributed by atoms with Gasteiger partial charge in [0.05, 0.1) is 0 Å². The second-order valence-corrected chi connectivity index (χ2v) is 4.13. The number of carboxylic acid groups (broad SMARTS) is 1. The zero-order valence-electron chi connectivity index (χ0n) is 10.5. The van der Waals surface area contributed by atoms with E-state index in [1.165, 1.54) is 12.8 Å². The number of carbonyl (C=O) groups is 1. The zero-order valence-corrected chi connectivity index (χ0v) is 10.5. The van der Waals surface area contributed by atoms with E-state index in [0.29, 0.717) is 12.5 Å². The second-order valence-electron chi connectivity index (χ2n) is 4.13. The highest BCUT2D eigenvalue weighted by molar-refractivity contribution is 5.73. The fraction of sp³-hybridized carbons (Fsp3) is 0.917. The number of likely N-dealkylation sites (N-methyl/N-ethyl adjacent to an activating group) is 1. The van der Waals surface area contributed by atoms with Crippen LogP contribution in [0.4, 0.5) is 0 Å². The summed E-state index contributed by atoms with van der Waals surface area (Å²) in [4.78, 5) is 13.1. The van der Waals surface area contributed by atoms with Crippen molar-refractivity contribution in [1.29, 1.82) is 0 Å². The van der Waals surface area contributed by atoms with Crippen molar-refractivity contribution in [1.82, 2.24) is 4.90 Å². The Morgan fingerprint density at radius 2 is 1.87 bits per heavy atom. The van der Waals surface area contributed by atoms with Gasteiger partial charge in [-0.05, 0) is 26.3 Å². The largest absolute Gasteiger partial charge is 0.480 e. The number of hydrogen-bond donors (Lipinski definition) is 1. The molecule has 90 valence electrons. The summed E-state index contributed by atoms with van der Waals surface area (Å²) in [7, 11) is 1.94. The minimum absolute atomic E-state index is 0.327. The molecular weight excluding hydrogens is 190 g/mol. The zero-order chi connectivity index (χ0) is 11.8. The first-order valence-corrected chi connectivity index (χ1v) is 6.03. The van der Waals surface area contributed by atoms with Crippen LogP contribution in [0.15, 0.2) is 0 Å². The van der Waals surface area contributed by atoms with Crippen molar-refractivity contribution in [2.45, 2.75) is 65.0 Å². The third kappa shape index (κ3) is 4.65. The number of aliphatic carboxylic acids is 1. The lowest BCUT2D eigenvalue weighted by Crippen LogP contribution is -2.44. The lowest BCUT2D eigenvalue weighted by molar-refractivity contribution is -0.143. The summed E-state index contributed by atoms with van der Waals surface area (Å²) in [5.41, 5.74) is 0. The Balaban J connectivity index is 4.32. The number of nitrogens with zero attached hydrogens (tertiary/aromatic N) is 1. The average molecular weight is 215 g/mol. The molecule has 0 radical (unpaired) electrons. The second kappa shape index (κ2) is 7.69. The predicted molar refractivity (Wildman–Crippen MR) is 63.1 cm³/mol. The fourth-order valence-corrected chi connectivity index (χ4v) is 2.03. The number of carboxylic acids is 1. The van der Waals surface area contributed by atoms with Gasteiger partial charge in [-0.25, -0.2) is 0 Å². The van der Waals surface area contributed by atoms with Gasteiger partial charge in [0.2, 0.25) is 0 Å². The van der Waals surface area contributed by atoms with Crippen molar-refractivity contribution in [3.05, 3.63) is 0 Å². The molecule has 0 saturated heterocycles. The van der Waals surface area contributed by atoms with Crippen molar-refractivity contribution in [3.63, 3.8) is 0 Å². The van der Waals surface area contributed by atoms with Crippen molar-refractivity contribution in [2.75, 3.05) is 7.05 Å². The van der Waals surface area contributed by atoms with E-state index in [0.717, 1.165) is 12.8 Å². The summed E-state index contributed by atoms with van der Waals surface area (Å²) < 4.78 is 0. The molecule has 0 aliphatic heterocycles. The highest BCUT2D eigenvalue weighted by Crippen LogP contribution is 2.15. The summed E-state index contributed by atoms with van der Waals surface area (Å²) >= 11 is 0. The molecule has 0 aromatic carbocycles. The van der Waals surface area contributed by atoms with Gasteiger partial charge >= 0.3 is 5.97 Å². The van der Waals surface area contributed by atoms with Gasteiger partial charge in [0, 0.05) is 6.04 Å². The lowest BCUT2D eigenvalue weighted by atomic mass is 10.0. The van der Waals surface area contributed by atoms with Crippen LogP contribution in [-0.2, 0) is 4.79 Å². The Bertz CT molecular complexity index is 182. The molecule has 2 unspecified atom stereocenters. The molecule has 15 heavy (non-hydrogen) atoms. The molecule has 0 spiro atoms. The molecule has 0 heterocycles. The van der Waals surface area contributed by atoms with E-state index < -0.39 is 5.97 Å². The monoisotopic (exact) mass is 215 g/mol. The van der Waals surface area contributed by atoms with Crippen LogP contribution in [0.3, 0.4) is 0 Å². The third-order valence-corrected chi connectivity index (χ3v) is 3.10. The van der Waals surface area contributed by atoms with Gasteiger partial charge in [-0.15, -0.1) is 0 Å². The molecule has 0 fully saturated rings. The van der Waals surface area contributed by atoms with E-state index in [1.807, 2.05) is 18.9 Å². The van der Waals surface area contributed by atoms with E-state index in [9.17, 15) is 4.79 Å². The van der Waals surface area contributed by atoms with Crippen LogP contribution < -0.4 is 0 Å². The number of hydrogen-bond acceptors (Lipinski definition) is 2. The van der Waals surface area contributed by atoms with Gasteiger partial charge in [-0.2, -0.15) is 0 Å². The van der Waals surface area contributed by atoms with Gasteiger partial charge in [0.25, 0.3) is 0 Å². The fourth-order valence-electron chi connectivity index (χ4n) is 2.03. The number of unbranched alkanes of at least 4 members (excludes halogenated alkanes) is 1. The minimum Gasteiger partial charge on any atom is -0.480 e. The Kier molecular flexibility index (Phi) is 7.39. The van der Waals surface area contributed by atoms with Crippen LogP contribution in [0.5, 0.6) is 0 Å². The van der Waals surface area contributed by atoms with Crippen molar-refractivity contribution >= 4 is 5.97 Å². The molecule has 0 saturated carbocycles. The van der Waals surface area contributed by atoms with Crippen molar-refractivity contribution in [2.24, 2.45) is 0 Å². The third-order valence-electron chi connectivity index (χ3n) is 3.10. The molecule has 0 aromatic heterocycles. The van der Waals surface area contributed by atoms with Crippen LogP contribution in [0.2, 0.25) is 0 Å². The average Bonchev–Trinajstić information content (AvgIpc) is 2.19. The summed E-state index contributed by atoms with van der Waals surface area (Å²) in [5, 5.41) is 9.07. The van der Waals surface area contributed by atoms with E-state index in [1.54, 1.807) is 0 Å². The normalized spacial score (nSPS) is 15.3. The molecule has 0 rings (SSSR count). The molecule has 0 amide bonds. The minimum atomic E-state index is -0.699. The highest BCUT2D eigenvalue weighted by atomic mass is 16.4. The molecule has 0 aliphatic rings. The predicted octanol–water partition coefficient (Wildman–Crippen LogP) is 2.75. The van der Waals surface area contributed by atoms with Crippen LogP contribution >= 0.6 is 0 Å². The molecule has 0 bridgehead atoms. The Labute approximate surface area is 93.5 Å². The van der Waals surface area contributed by atoms with Gasteiger partial charge in [-0.1, -0.05) is 33.6 Å². The smallest absolute Gasteiger partial charge is 0.320 e. The maximum absolute atomic E-state index is 11.0. The standard InChI is InChI=1S/C12H25NO2/c1-5-8-9-10(6-2)13(4)11(7-3)12(14)15/h10-11H,5-9H2,1-4H3,(H,14,15). The summed E-state index contributed by atoms with van der Waals surface area (Å²) in [6, 6.07) is 0.0813. The maximum Gasteiger partial charge on any atom is 0.320 e. The van der Waals surface area contributed by atoms with Gasteiger partial charge in [0.15, 0.2) is 0 Å². The van der Waals surface area contributed by atoms with Crippen molar-refractivity contribution in [3.8, 4) is 0 Å². The van der Waals surface area contributed by atoms with E-state index in [4.69, 9.17) is 5.11 Å². The first-order valence-electron chi connectivity index (χ1n) is 6.03.